The predicted molar refractivity (Wildman–Crippen MR) is 140 cm³/mol. The van der Waals surface area contributed by atoms with E-state index in [4.69, 9.17) is 17.4 Å². The minimum atomic E-state index is -4.44. The minimum Gasteiger partial charge on any atom is -0.332 e. The van der Waals surface area contributed by atoms with E-state index >= 15 is 0 Å². The van der Waals surface area contributed by atoms with Gasteiger partial charge >= 0.3 is 6.18 Å². The Morgan fingerprint density at radius 1 is 1.00 bits per heavy atom. The SMILES string of the molecule is Cc1cc(C)nc(NC(=NCCc2ccc(S(N)(=O)=O)cc2)NC(=S)Nc2ccc(C(F)(F)F)cc2)n1. The van der Waals surface area contributed by atoms with Crippen LogP contribution in [0.3, 0.4) is 0 Å². The first-order valence-electron chi connectivity index (χ1n) is 10.8. The van der Waals surface area contributed by atoms with Gasteiger partial charge in [0.15, 0.2) is 5.11 Å². The number of benzene rings is 2. The average molecular weight is 552 g/mol. The van der Waals surface area contributed by atoms with Crippen molar-refractivity contribution in [3.05, 3.63) is 77.1 Å². The van der Waals surface area contributed by atoms with Gasteiger partial charge in [-0.05, 0) is 80.5 Å². The summed E-state index contributed by atoms with van der Waals surface area (Å²) in [5.41, 5.74) is 1.86. The molecule has 0 bridgehead atoms. The van der Waals surface area contributed by atoms with E-state index in [1.807, 2.05) is 13.8 Å². The lowest BCUT2D eigenvalue weighted by atomic mass is 10.1. The number of thiocarbonyl (C=S) groups is 1. The number of nitrogens with one attached hydrogen (secondary N) is 3. The number of nitrogens with zero attached hydrogens (tertiary/aromatic N) is 3. The van der Waals surface area contributed by atoms with Crippen LogP contribution in [0.15, 0.2) is 64.5 Å². The number of aliphatic imine (C=N–C) groups is 1. The molecule has 3 aromatic rings. The summed E-state index contributed by atoms with van der Waals surface area (Å²) < 4.78 is 61.3. The molecule has 5 N–H and O–H groups in total. The van der Waals surface area contributed by atoms with E-state index in [2.05, 4.69) is 30.9 Å². The molecule has 1 heterocycles. The molecular weight excluding hydrogens is 527 g/mol. The molecule has 196 valence electrons. The molecule has 0 atom stereocenters. The summed E-state index contributed by atoms with van der Waals surface area (Å²) >= 11 is 5.30. The molecule has 0 aliphatic heterocycles. The van der Waals surface area contributed by atoms with Crippen LogP contribution in [0.4, 0.5) is 24.8 Å². The number of rotatable bonds is 6. The number of alkyl halides is 3. The van der Waals surface area contributed by atoms with Crippen LogP contribution in [0.1, 0.15) is 22.5 Å². The van der Waals surface area contributed by atoms with Crippen molar-refractivity contribution < 1.29 is 21.6 Å². The summed E-state index contributed by atoms with van der Waals surface area (Å²) in [5, 5.41) is 13.9. The summed E-state index contributed by atoms with van der Waals surface area (Å²) in [7, 11) is -3.78. The lowest BCUT2D eigenvalue weighted by Crippen LogP contribution is -2.39. The first-order chi connectivity index (χ1) is 17.3. The predicted octanol–water partition coefficient (Wildman–Crippen LogP) is 3.76. The highest BCUT2D eigenvalue weighted by molar-refractivity contribution is 7.89. The molecule has 0 unspecified atom stereocenters. The standard InChI is InChI=1S/C23H24F3N7O2S2/c1-14-13-15(2)30-21(29-14)32-20(28-12-11-16-3-9-19(10-4-16)37(27,34)35)33-22(36)31-18-7-5-17(6-8-18)23(24,25)26/h3-10,13H,11-12H2,1-2H3,(H2,27,34,35)(H3,28,29,30,31,32,33,36). The summed E-state index contributed by atoms with van der Waals surface area (Å²) in [6.07, 6.45) is -3.98. The maximum absolute atomic E-state index is 12.8. The Kier molecular flexibility index (Phi) is 8.78. The van der Waals surface area contributed by atoms with Gasteiger partial charge in [-0.1, -0.05) is 12.1 Å². The smallest absolute Gasteiger partial charge is 0.332 e. The monoisotopic (exact) mass is 551 g/mol. The highest BCUT2D eigenvalue weighted by Crippen LogP contribution is 2.29. The molecule has 0 aliphatic rings. The molecule has 0 fully saturated rings. The van der Waals surface area contributed by atoms with Crippen LogP contribution in [0.2, 0.25) is 0 Å². The molecule has 0 saturated carbocycles. The third-order valence-corrected chi connectivity index (χ3v) is 5.97. The third-order valence-electron chi connectivity index (χ3n) is 4.84. The van der Waals surface area contributed by atoms with Crippen molar-refractivity contribution in [3.63, 3.8) is 0 Å². The van der Waals surface area contributed by atoms with Gasteiger partial charge in [0.25, 0.3) is 0 Å². The van der Waals surface area contributed by atoms with Crippen LogP contribution in [0, 0.1) is 13.8 Å². The summed E-state index contributed by atoms with van der Waals surface area (Å²) in [6, 6.07) is 12.3. The maximum Gasteiger partial charge on any atom is 0.416 e. The van der Waals surface area contributed by atoms with Gasteiger partial charge in [-0.2, -0.15) is 13.2 Å². The van der Waals surface area contributed by atoms with Gasteiger partial charge in [0.05, 0.1) is 10.5 Å². The first-order valence-corrected chi connectivity index (χ1v) is 12.8. The summed E-state index contributed by atoms with van der Waals surface area (Å²) in [4.78, 5) is 13.1. The molecule has 3 rings (SSSR count). The van der Waals surface area contributed by atoms with Crippen LogP contribution in [-0.4, -0.2) is 36.0 Å². The number of nitrogens with two attached hydrogens (primary N) is 1. The zero-order chi connectivity index (χ0) is 27.2. The molecular formula is C23H24F3N7O2S2. The number of anilines is 2. The van der Waals surface area contributed by atoms with Crippen LogP contribution in [-0.2, 0) is 22.6 Å². The largest absolute Gasteiger partial charge is 0.416 e. The van der Waals surface area contributed by atoms with Crippen molar-refractivity contribution in [1.82, 2.24) is 15.3 Å². The topological polar surface area (TPSA) is 134 Å². The van der Waals surface area contributed by atoms with Crippen LogP contribution in [0.25, 0.3) is 0 Å². The number of hydrogen-bond donors (Lipinski definition) is 4. The fourth-order valence-electron chi connectivity index (χ4n) is 3.15. The van der Waals surface area contributed by atoms with Gasteiger partial charge in [-0.25, -0.2) is 23.5 Å². The molecule has 2 aromatic carbocycles. The van der Waals surface area contributed by atoms with E-state index in [0.717, 1.165) is 29.1 Å². The van der Waals surface area contributed by atoms with Gasteiger partial charge in [-0.3, -0.25) is 10.3 Å². The van der Waals surface area contributed by atoms with Gasteiger partial charge < -0.3 is 10.6 Å². The normalized spacial score (nSPS) is 12.2. The second kappa shape index (κ2) is 11.6. The molecule has 0 amide bonds. The van der Waals surface area contributed by atoms with Crippen LogP contribution >= 0.6 is 12.2 Å². The number of primary sulfonamides is 1. The van der Waals surface area contributed by atoms with Crippen LogP contribution in [0.5, 0.6) is 0 Å². The number of aryl methyl sites for hydroxylation is 2. The number of guanidine groups is 1. The van der Waals surface area contributed by atoms with Gasteiger partial charge in [0.1, 0.15) is 0 Å². The minimum absolute atomic E-state index is 0.00966. The summed E-state index contributed by atoms with van der Waals surface area (Å²) in [6.45, 7) is 3.90. The molecule has 37 heavy (non-hydrogen) atoms. The Balaban J connectivity index is 1.72. The van der Waals surface area contributed by atoms with E-state index in [9.17, 15) is 21.6 Å². The highest BCUT2D eigenvalue weighted by Gasteiger charge is 2.29. The zero-order valence-corrected chi connectivity index (χ0v) is 21.4. The lowest BCUT2D eigenvalue weighted by molar-refractivity contribution is -0.137. The molecule has 0 aliphatic carbocycles. The zero-order valence-electron chi connectivity index (χ0n) is 19.8. The Hall–Kier alpha value is -3.62. The van der Waals surface area contributed by atoms with Crippen molar-refractivity contribution in [2.75, 3.05) is 17.2 Å². The van der Waals surface area contributed by atoms with Crippen molar-refractivity contribution >= 4 is 44.9 Å². The van der Waals surface area contributed by atoms with Crippen molar-refractivity contribution in [1.29, 1.82) is 0 Å². The molecule has 0 spiro atoms. The lowest BCUT2D eigenvalue weighted by Gasteiger charge is -2.15. The van der Waals surface area contributed by atoms with E-state index < -0.39 is 21.8 Å². The van der Waals surface area contributed by atoms with E-state index in [0.29, 0.717) is 12.1 Å². The Bertz CT molecular complexity index is 1370. The molecule has 1 aromatic heterocycles. The first kappa shape index (κ1) is 28.0. The number of sulfonamides is 1. The molecule has 14 heteroatoms. The second-order valence-corrected chi connectivity index (χ2v) is 9.89. The fourth-order valence-corrected chi connectivity index (χ4v) is 3.88. The van der Waals surface area contributed by atoms with Crippen molar-refractivity contribution in [2.24, 2.45) is 10.1 Å². The van der Waals surface area contributed by atoms with Gasteiger partial charge in [-0.15, -0.1) is 0 Å². The van der Waals surface area contributed by atoms with E-state index in [-0.39, 0.29) is 28.5 Å². The van der Waals surface area contributed by atoms with Crippen molar-refractivity contribution in [3.8, 4) is 0 Å². The second-order valence-electron chi connectivity index (χ2n) is 7.92. The molecule has 0 radical (unpaired) electrons. The fraction of sp³-hybridized carbons (Fsp3) is 0.217. The molecule has 9 nitrogen and oxygen atoms in total. The summed E-state index contributed by atoms with van der Waals surface area (Å²) in [5.74, 6) is 0.481. The quantitative estimate of drug-likeness (QED) is 0.207. The highest BCUT2D eigenvalue weighted by atomic mass is 32.2. The number of aromatic nitrogens is 2. The Labute approximate surface area is 217 Å². The van der Waals surface area contributed by atoms with Crippen LogP contribution < -0.4 is 21.1 Å². The average Bonchev–Trinajstić information content (AvgIpc) is 2.78. The Morgan fingerprint density at radius 3 is 2.14 bits per heavy atom. The van der Waals surface area contributed by atoms with Gasteiger partial charge in [0.2, 0.25) is 21.9 Å². The maximum atomic E-state index is 12.8. The van der Waals surface area contributed by atoms with E-state index in [1.54, 1.807) is 18.2 Å². The molecule has 0 saturated heterocycles. The third kappa shape index (κ3) is 8.77. The van der Waals surface area contributed by atoms with E-state index in [1.165, 1.54) is 24.3 Å². The number of hydrogen-bond acceptors (Lipinski definition) is 6. The Morgan fingerprint density at radius 2 is 1.59 bits per heavy atom. The number of halogens is 3. The van der Waals surface area contributed by atoms with Crippen molar-refractivity contribution in [2.45, 2.75) is 31.3 Å². The van der Waals surface area contributed by atoms with Gasteiger partial charge in [0, 0.05) is 23.6 Å².